The van der Waals surface area contributed by atoms with Crippen LogP contribution in [0.3, 0.4) is 0 Å². The smallest absolute Gasteiger partial charge is 0.329 e. The zero-order valence-corrected chi connectivity index (χ0v) is 10.2. The molecule has 0 saturated carbocycles. The molecular formula is C13H16N2O3. The van der Waals surface area contributed by atoms with Crippen LogP contribution in [0.1, 0.15) is 30.1 Å². The minimum Gasteiger partial charge on any atom is -0.480 e. The number of anilines is 1. The molecule has 0 bridgehead atoms. The van der Waals surface area contributed by atoms with Crippen molar-refractivity contribution < 1.29 is 14.7 Å². The molecule has 1 aliphatic heterocycles. The van der Waals surface area contributed by atoms with E-state index in [9.17, 15) is 14.7 Å². The zero-order chi connectivity index (χ0) is 13.3. The fraction of sp³-hybridized carbons (Fsp3) is 0.385. The largest absolute Gasteiger partial charge is 0.480 e. The Bertz CT molecular complexity index is 501. The van der Waals surface area contributed by atoms with Gasteiger partial charge in [0, 0.05) is 6.54 Å². The highest BCUT2D eigenvalue weighted by Crippen LogP contribution is 2.35. The summed E-state index contributed by atoms with van der Waals surface area (Å²) in [7, 11) is 0. The molecule has 1 atom stereocenters. The third-order valence-electron chi connectivity index (χ3n) is 3.56. The van der Waals surface area contributed by atoms with Crippen LogP contribution in [-0.4, -0.2) is 29.1 Å². The highest BCUT2D eigenvalue weighted by molar-refractivity contribution is 6.00. The quantitative estimate of drug-likeness (QED) is 0.842. The van der Waals surface area contributed by atoms with Crippen molar-refractivity contribution in [3.8, 4) is 0 Å². The number of rotatable bonds is 3. The number of nitrogens with zero attached hydrogens (tertiary/aromatic N) is 1. The van der Waals surface area contributed by atoms with E-state index in [-0.39, 0.29) is 0 Å². The van der Waals surface area contributed by atoms with Crippen molar-refractivity contribution in [2.24, 2.45) is 5.73 Å². The number of benzene rings is 1. The van der Waals surface area contributed by atoms with Gasteiger partial charge in [-0.3, -0.25) is 4.79 Å². The summed E-state index contributed by atoms with van der Waals surface area (Å²) in [5.74, 6) is -1.41. The molecule has 5 heteroatoms. The molecule has 96 valence electrons. The molecule has 0 radical (unpaired) electrons. The van der Waals surface area contributed by atoms with Crippen LogP contribution >= 0.6 is 0 Å². The molecule has 1 saturated heterocycles. The first-order valence-electron chi connectivity index (χ1n) is 5.86. The average molecular weight is 248 g/mol. The Hall–Kier alpha value is -2.04. The zero-order valence-electron chi connectivity index (χ0n) is 10.2. The monoisotopic (exact) mass is 248 g/mol. The molecule has 1 fully saturated rings. The first-order valence-corrected chi connectivity index (χ1v) is 5.86. The number of carbonyl (C=O) groups is 2. The summed E-state index contributed by atoms with van der Waals surface area (Å²) in [5, 5.41) is 9.38. The van der Waals surface area contributed by atoms with E-state index >= 15 is 0 Å². The topological polar surface area (TPSA) is 83.6 Å². The first kappa shape index (κ1) is 12.4. The van der Waals surface area contributed by atoms with Crippen LogP contribution in [0.5, 0.6) is 0 Å². The summed E-state index contributed by atoms with van der Waals surface area (Å²) >= 11 is 0. The van der Waals surface area contributed by atoms with E-state index in [0.717, 1.165) is 6.42 Å². The van der Waals surface area contributed by atoms with Crippen molar-refractivity contribution in [1.29, 1.82) is 0 Å². The normalized spacial score (nSPS) is 23.1. The van der Waals surface area contributed by atoms with Crippen molar-refractivity contribution in [3.63, 3.8) is 0 Å². The number of carbonyl (C=O) groups excluding carboxylic acids is 1. The Balaban J connectivity index is 2.49. The van der Waals surface area contributed by atoms with Crippen LogP contribution in [0, 0.1) is 0 Å². The Morgan fingerprint density at radius 2 is 2.06 bits per heavy atom. The molecule has 1 unspecified atom stereocenters. The summed E-state index contributed by atoms with van der Waals surface area (Å²) in [6.45, 7) is 2.30. The lowest BCUT2D eigenvalue weighted by molar-refractivity contribution is -0.142. The first-order chi connectivity index (χ1) is 8.47. The van der Waals surface area contributed by atoms with Gasteiger partial charge in [-0.15, -0.1) is 0 Å². The lowest BCUT2D eigenvalue weighted by Gasteiger charge is -2.34. The molecule has 5 nitrogen and oxygen atoms in total. The Kier molecular flexibility index (Phi) is 2.98. The fourth-order valence-corrected chi connectivity index (χ4v) is 2.49. The van der Waals surface area contributed by atoms with Crippen LogP contribution < -0.4 is 10.6 Å². The number of hydrogen-bond donors (Lipinski definition) is 2. The number of carboxylic acid groups (broad SMARTS) is 1. The Morgan fingerprint density at radius 1 is 1.39 bits per heavy atom. The molecule has 0 aromatic heterocycles. The van der Waals surface area contributed by atoms with Gasteiger partial charge in [0.25, 0.3) is 5.91 Å². The maximum Gasteiger partial charge on any atom is 0.329 e. The van der Waals surface area contributed by atoms with Gasteiger partial charge in [-0.25, -0.2) is 4.79 Å². The fourth-order valence-electron chi connectivity index (χ4n) is 2.49. The summed E-state index contributed by atoms with van der Waals surface area (Å²) in [6.07, 6.45) is 1.35. The van der Waals surface area contributed by atoms with Gasteiger partial charge in [-0.05, 0) is 31.9 Å². The van der Waals surface area contributed by atoms with E-state index in [1.54, 1.807) is 36.1 Å². The van der Waals surface area contributed by atoms with Crippen molar-refractivity contribution in [1.82, 2.24) is 0 Å². The van der Waals surface area contributed by atoms with Gasteiger partial charge in [0.2, 0.25) is 0 Å². The number of amides is 1. The summed E-state index contributed by atoms with van der Waals surface area (Å²) in [6, 6.07) is 6.87. The van der Waals surface area contributed by atoms with Gasteiger partial charge in [0.15, 0.2) is 0 Å². The van der Waals surface area contributed by atoms with E-state index in [1.165, 1.54) is 0 Å². The molecule has 1 aliphatic rings. The molecule has 1 aromatic rings. The van der Waals surface area contributed by atoms with Crippen LogP contribution in [-0.2, 0) is 4.79 Å². The number of nitrogens with two attached hydrogens (primary N) is 1. The molecule has 3 N–H and O–H groups in total. The third kappa shape index (κ3) is 1.81. The molecule has 18 heavy (non-hydrogen) atoms. The predicted molar refractivity (Wildman–Crippen MR) is 67.6 cm³/mol. The summed E-state index contributed by atoms with van der Waals surface area (Å²) in [5.41, 5.74) is 5.34. The SMILES string of the molecule is CC1(C(=O)O)CCCN1c1ccccc1C(N)=O. The minimum atomic E-state index is -0.967. The van der Waals surface area contributed by atoms with E-state index in [4.69, 9.17) is 5.73 Å². The van der Waals surface area contributed by atoms with Crippen molar-refractivity contribution >= 4 is 17.6 Å². The van der Waals surface area contributed by atoms with Crippen molar-refractivity contribution in [3.05, 3.63) is 29.8 Å². The lowest BCUT2D eigenvalue weighted by atomic mass is 9.98. The number of primary amides is 1. The maximum atomic E-state index is 11.4. The van der Waals surface area contributed by atoms with E-state index in [0.29, 0.717) is 24.2 Å². The molecule has 1 amide bonds. The molecule has 0 aliphatic carbocycles. The van der Waals surface area contributed by atoms with Crippen LogP contribution in [0.25, 0.3) is 0 Å². The van der Waals surface area contributed by atoms with Gasteiger partial charge >= 0.3 is 5.97 Å². The van der Waals surface area contributed by atoms with E-state index in [2.05, 4.69) is 0 Å². The second-order valence-corrected chi connectivity index (χ2v) is 4.72. The number of carboxylic acids is 1. The molecular weight excluding hydrogens is 232 g/mol. The van der Waals surface area contributed by atoms with Gasteiger partial charge in [0.1, 0.15) is 5.54 Å². The molecule has 0 spiro atoms. The van der Waals surface area contributed by atoms with Crippen LogP contribution in [0.15, 0.2) is 24.3 Å². The van der Waals surface area contributed by atoms with E-state index in [1.807, 2.05) is 0 Å². The van der Waals surface area contributed by atoms with E-state index < -0.39 is 17.4 Å². The minimum absolute atomic E-state index is 0.367. The summed E-state index contributed by atoms with van der Waals surface area (Å²) < 4.78 is 0. The second kappa shape index (κ2) is 4.33. The van der Waals surface area contributed by atoms with Gasteiger partial charge in [-0.1, -0.05) is 12.1 Å². The Labute approximate surface area is 105 Å². The third-order valence-corrected chi connectivity index (χ3v) is 3.56. The van der Waals surface area contributed by atoms with Gasteiger partial charge in [-0.2, -0.15) is 0 Å². The molecule has 2 rings (SSSR count). The standard InChI is InChI=1S/C13H16N2O3/c1-13(12(17)18)7-4-8-15(13)10-6-3-2-5-9(10)11(14)16/h2-3,5-6H,4,7-8H2,1H3,(H2,14,16)(H,17,18). The highest BCUT2D eigenvalue weighted by Gasteiger charge is 2.44. The maximum absolute atomic E-state index is 11.4. The van der Waals surface area contributed by atoms with Gasteiger partial charge in [0.05, 0.1) is 11.3 Å². The predicted octanol–water partition coefficient (Wildman–Crippen LogP) is 1.23. The number of aliphatic carboxylic acids is 1. The van der Waals surface area contributed by atoms with Crippen molar-refractivity contribution in [2.75, 3.05) is 11.4 Å². The number of hydrogen-bond acceptors (Lipinski definition) is 3. The highest BCUT2D eigenvalue weighted by atomic mass is 16.4. The lowest BCUT2D eigenvalue weighted by Crippen LogP contribution is -2.48. The van der Waals surface area contributed by atoms with Crippen LogP contribution in [0.2, 0.25) is 0 Å². The summed E-state index contributed by atoms with van der Waals surface area (Å²) in [4.78, 5) is 24.6. The second-order valence-electron chi connectivity index (χ2n) is 4.72. The Morgan fingerprint density at radius 3 is 2.67 bits per heavy atom. The van der Waals surface area contributed by atoms with Crippen molar-refractivity contribution in [2.45, 2.75) is 25.3 Å². The van der Waals surface area contributed by atoms with Crippen LogP contribution in [0.4, 0.5) is 5.69 Å². The number of para-hydroxylation sites is 1. The molecule has 1 heterocycles. The average Bonchev–Trinajstić information content (AvgIpc) is 2.72. The molecule has 1 aromatic carbocycles. The van der Waals surface area contributed by atoms with Gasteiger partial charge < -0.3 is 15.7 Å².